The van der Waals surface area contributed by atoms with Crippen molar-refractivity contribution >= 4 is 17.8 Å². The van der Waals surface area contributed by atoms with Crippen LogP contribution in [0, 0.1) is 6.92 Å². The van der Waals surface area contributed by atoms with E-state index < -0.39 is 0 Å². The molecule has 1 aromatic carbocycles. The Hall–Kier alpha value is -1.64. The Balaban J connectivity index is 2.21. The Morgan fingerprint density at radius 3 is 2.65 bits per heavy atom. The maximum atomic E-state index is 12.2. The molecule has 3 nitrogen and oxygen atoms in total. The van der Waals surface area contributed by atoms with Crippen LogP contribution in [0.25, 0.3) is 0 Å². The van der Waals surface area contributed by atoms with Crippen LogP contribution >= 0.6 is 0 Å². The Bertz CT molecular complexity index is 446. The highest BCUT2D eigenvalue weighted by molar-refractivity contribution is 5.95. The molecule has 0 spiro atoms. The number of benzene rings is 1. The SMILES string of the molecule is CC=Nc1ccc(C(=O)N2CCCC2)cc1C. The summed E-state index contributed by atoms with van der Waals surface area (Å²) in [4.78, 5) is 18.3. The minimum absolute atomic E-state index is 0.151. The number of aryl methyl sites for hydroxylation is 1. The summed E-state index contributed by atoms with van der Waals surface area (Å²) in [5, 5.41) is 0. The van der Waals surface area contributed by atoms with Gasteiger partial charge in [-0.15, -0.1) is 0 Å². The summed E-state index contributed by atoms with van der Waals surface area (Å²) in [5.41, 5.74) is 2.76. The fourth-order valence-electron chi connectivity index (χ4n) is 2.18. The predicted octanol–water partition coefficient (Wildman–Crippen LogP) is 2.95. The second kappa shape index (κ2) is 5.13. The van der Waals surface area contributed by atoms with Crippen LogP contribution in [0.15, 0.2) is 23.2 Å². The van der Waals surface area contributed by atoms with Crippen molar-refractivity contribution < 1.29 is 4.79 Å². The highest BCUT2D eigenvalue weighted by Gasteiger charge is 2.19. The molecule has 1 aliphatic rings. The Labute approximate surface area is 102 Å². The number of amides is 1. The lowest BCUT2D eigenvalue weighted by Crippen LogP contribution is -2.27. The van der Waals surface area contributed by atoms with Gasteiger partial charge < -0.3 is 4.90 Å². The van der Waals surface area contributed by atoms with E-state index in [9.17, 15) is 4.79 Å². The second-order valence-corrected chi connectivity index (χ2v) is 4.39. The third kappa shape index (κ3) is 2.54. The third-order valence-corrected chi connectivity index (χ3v) is 3.11. The molecule has 0 bridgehead atoms. The van der Waals surface area contributed by atoms with E-state index in [0.717, 1.165) is 42.7 Å². The summed E-state index contributed by atoms with van der Waals surface area (Å²) in [7, 11) is 0. The molecule has 1 saturated heterocycles. The molecule has 0 aliphatic carbocycles. The monoisotopic (exact) mass is 230 g/mol. The maximum Gasteiger partial charge on any atom is 0.253 e. The van der Waals surface area contributed by atoms with Crippen LogP contribution in [-0.4, -0.2) is 30.1 Å². The van der Waals surface area contributed by atoms with Gasteiger partial charge in [-0.25, -0.2) is 0 Å². The molecule has 0 unspecified atom stereocenters. The molecule has 1 aliphatic heterocycles. The number of aliphatic imine (C=N–C) groups is 1. The molecule has 0 saturated carbocycles. The minimum atomic E-state index is 0.151. The maximum absolute atomic E-state index is 12.2. The largest absolute Gasteiger partial charge is 0.339 e. The molecule has 0 radical (unpaired) electrons. The number of carbonyl (C=O) groups excluding carboxylic acids is 1. The summed E-state index contributed by atoms with van der Waals surface area (Å²) >= 11 is 0. The van der Waals surface area contributed by atoms with Crippen LogP contribution in [0.1, 0.15) is 35.7 Å². The molecule has 0 atom stereocenters. The fourth-order valence-corrected chi connectivity index (χ4v) is 2.18. The van der Waals surface area contributed by atoms with Crippen molar-refractivity contribution in [3.05, 3.63) is 29.3 Å². The van der Waals surface area contributed by atoms with E-state index in [4.69, 9.17) is 0 Å². The van der Waals surface area contributed by atoms with Gasteiger partial charge in [-0.1, -0.05) is 0 Å². The van der Waals surface area contributed by atoms with Gasteiger partial charge in [0.1, 0.15) is 0 Å². The lowest BCUT2D eigenvalue weighted by molar-refractivity contribution is 0.0793. The van der Waals surface area contributed by atoms with Gasteiger partial charge >= 0.3 is 0 Å². The van der Waals surface area contributed by atoms with Gasteiger partial charge in [0, 0.05) is 24.9 Å². The van der Waals surface area contributed by atoms with Crippen molar-refractivity contribution in [3.63, 3.8) is 0 Å². The zero-order valence-corrected chi connectivity index (χ0v) is 10.4. The molecule has 1 amide bonds. The molecule has 2 rings (SSSR count). The molecular weight excluding hydrogens is 212 g/mol. The molecule has 17 heavy (non-hydrogen) atoms. The van der Waals surface area contributed by atoms with Gasteiger partial charge in [0.25, 0.3) is 5.91 Å². The van der Waals surface area contributed by atoms with Crippen LogP contribution in [0.4, 0.5) is 5.69 Å². The molecular formula is C14H18N2O. The van der Waals surface area contributed by atoms with E-state index in [0.29, 0.717) is 0 Å². The van der Waals surface area contributed by atoms with Gasteiger partial charge in [-0.05, 0) is 50.5 Å². The first-order valence-corrected chi connectivity index (χ1v) is 6.11. The first-order chi connectivity index (χ1) is 8.22. The Kier molecular flexibility index (Phi) is 3.57. The second-order valence-electron chi connectivity index (χ2n) is 4.39. The zero-order valence-electron chi connectivity index (χ0n) is 10.4. The van der Waals surface area contributed by atoms with Gasteiger partial charge in [-0.3, -0.25) is 9.79 Å². The number of rotatable bonds is 2. The lowest BCUT2D eigenvalue weighted by Gasteiger charge is -2.15. The fraction of sp³-hybridized carbons (Fsp3) is 0.429. The number of hydrogen-bond acceptors (Lipinski definition) is 2. The summed E-state index contributed by atoms with van der Waals surface area (Å²) in [6.07, 6.45) is 4.02. The van der Waals surface area contributed by atoms with Crippen LogP contribution < -0.4 is 0 Å². The molecule has 1 fully saturated rings. The van der Waals surface area contributed by atoms with E-state index in [-0.39, 0.29) is 5.91 Å². The highest BCUT2D eigenvalue weighted by atomic mass is 16.2. The first kappa shape index (κ1) is 11.8. The quantitative estimate of drug-likeness (QED) is 0.719. The Morgan fingerprint density at radius 2 is 2.06 bits per heavy atom. The molecule has 0 aromatic heterocycles. The normalized spacial score (nSPS) is 15.8. The van der Waals surface area contributed by atoms with Crippen LogP contribution in [0.3, 0.4) is 0 Å². The van der Waals surface area contributed by atoms with E-state index in [1.165, 1.54) is 0 Å². The van der Waals surface area contributed by atoms with Crippen LogP contribution in [0.5, 0.6) is 0 Å². The number of hydrogen-bond donors (Lipinski definition) is 0. The lowest BCUT2D eigenvalue weighted by atomic mass is 10.1. The third-order valence-electron chi connectivity index (χ3n) is 3.11. The summed E-state index contributed by atoms with van der Waals surface area (Å²) in [6, 6.07) is 5.72. The average Bonchev–Trinajstić information content (AvgIpc) is 2.84. The van der Waals surface area contributed by atoms with Crippen molar-refractivity contribution in [1.82, 2.24) is 4.90 Å². The Morgan fingerprint density at radius 1 is 1.35 bits per heavy atom. The van der Waals surface area contributed by atoms with Crippen LogP contribution in [0.2, 0.25) is 0 Å². The summed E-state index contributed by atoms with van der Waals surface area (Å²) in [6.45, 7) is 5.67. The number of likely N-dealkylation sites (tertiary alicyclic amines) is 1. The zero-order chi connectivity index (χ0) is 12.3. The van der Waals surface area contributed by atoms with Crippen LogP contribution in [-0.2, 0) is 0 Å². The van der Waals surface area contributed by atoms with E-state index in [1.807, 2.05) is 36.9 Å². The van der Waals surface area contributed by atoms with Crippen molar-refractivity contribution in [2.75, 3.05) is 13.1 Å². The standard InChI is InChI=1S/C14H18N2O/c1-3-15-13-7-6-12(10-11(13)2)14(17)16-8-4-5-9-16/h3,6-7,10H,4-5,8-9H2,1-2H3. The number of carbonyl (C=O) groups is 1. The topological polar surface area (TPSA) is 32.7 Å². The van der Waals surface area contributed by atoms with Crippen molar-refractivity contribution in [2.24, 2.45) is 4.99 Å². The van der Waals surface area contributed by atoms with E-state index in [2.05, 4.69) is 4.99 Å². The van der Waals surface area contributed by atoms with E-state index in [1.54, 1.807) is 6.21 Å². The summed E-state index contributed by atoms with van der Waals surface area (Å²) < 4.78 is 0. The highest BCUT2D eigenvalue weighted by Crippen LogP contribution is 2.21. The van der Waals surface area contributed by atoms with Gasteiger partial charge in [0.2, 0.25) is 0 Å². The average molecular weight is 230 g/mol. The van der Waals surface area contributed by atoms with Crippen molar-refractivity contribution in [3.8, 4) is 0 Å². The first-order valence-electron chi connectivity index (χ1n) is 6.11. The van der Waals surface area contributed by atoms with Gasteiger partial charge in [0.15, 0.2) is 0 Å². The molecule has 1 aromatic rings. The molecule has 1 heterocycles. The van der Waals surface area contributed by atoms with Gasteiger partial charge in [0.05, 0.1) is 5.69 Å². The molecule has 3 heteroatoms. The van der Waals surface area contributed by atoms with Crippen molar-refractivity contribution in [1.29, 1.82) is 0 Å². The minimum Gasteiger partial charge on any atom is -0.339 e. The summed E-state index contributed by atoms with van der Waals surface area (Å²) in [5.74, 6) is 0.151. The van der Waals surface area contributed by atoms with Gasteiger partial charge in [-0.2, -0.15) is 0 Å². The molecule has 0 N–H and O–H groups in total. The predicted molar refractivity (Wildman–Crippen MR) is 70.1 cm³/mol. The smallest absolute Gasteiger partial charge is 0.253 e. The number of nitrogens with zero attached hydrogens (tertiary/aromatic N) is 2. The van der Waals surface area contributed by atoms with Crippen molar-refractivity contribution in [2.45, 2.75) is 26.7 Å². The molecule has 90 valence electrons. The van der Waals surface area contributed by atoms with E-state index >= 15 is 0 Å².